The molecule has 0 spiro atoms. The van der Waals surface area contributed by atoms with Crippen LogP contribution in [0.25, 0.3) is 44.2 Å². The lowest BCUT2D eigenvalue weighted by Crippen LogP contribution is -2.18. The molecule has 0 unspecified atom stereocenters. The zero-order valence-electron chi connectivity index (χ0n) is 33.3. The van der Waals surface area contributed by atoms with Gasteiger partial charge in [0.25, 0.3) is 0 Å². The zero-order valence-corrected chi connectivity index (χ0v) is 33.3. The van der Waals surface area contributed by atoms with Gasteiger partial charge in [0.15, 0.2) is 6.79 Å². The maximum absolute atomic E-state index is 15.2. The van der Waals surface area contributed by atoms with Crippen molar-refractivity contribution in [3.05, 3.63) is 152 Å². The van der Waals surface area contributed by atoms with Crippen molar-refractivity contribution in [1.29, 1.82) is 0 Å². The highest BCUT2D eigenvalue weighted by Gasteiger charge is 2.17. The van der Waals surface area contributed by atoms with Gasteiger partial charge in [-0.2, -0.15) is 0 Å². The Labute approximate surface area is 337 Å². The first kappa shape index (κ1) is 41.9. The van der Waals surface area contributed by atoms with Crippen LogP contribution in [0.4, 0.5) is 8.78 Å². The smallest absolute Gasteiger partial charge is 0.344 e. The van der Waals surface area contributed by atoms with Crippen LogP contribution in [0.2, 0.25) is 0 Å². The molecular weight excluding hydrogens is 739 g/mol. The average Bonchev–Trinajstić information content (AvgIpc) is 3.21. The Morgan fingerprint density at radius 2 is 1.07 bits per heavy atom. The summed E-state index contributed by atoms with van der Waals surface area (Å²) in [6.45, 7) is 7.42. The van der Waals surface area contributed by atoms with Crippen LogP contribution < -0.4 is 11.3 Å². The second-order valence-electron chi connectivity index (χ2n) is 14.8. The molecule has 9 heteroatoms. The molecular formula is C49H50F2O7. The van der Waals surface area contributed by atoms with Gasteiger partial charge in [0, 0.05) is 28.0 Å². The van der Waals surface area contributed by atoms with E-state index < -0.39 is 28.9 Å². The first-order chi connectivity index (χ1) is 28.1. The molecule has 0 bridgehead atoms. The molecule has 58 heavy (non-hydrogen) atoms. The van der Waals surface area contributed by atoms with E-state index >= 15 is 8.78 Å². The Morgan fingerprint density at radius 1 is 0.621 bits per heavy atom. The van der Waals surface area contributed by atoms with Crippen molar-refractivity contribution < 1.29 is 31.9 Å². The summed E-state index contributed by atoms with van der Waals surface area (Å²) in [5.41, 5.74) is 3.91. The number of esters is 1. The molecule has 2 heterocycles. The van der Waals surface area contributed by atoms with E-state index in [4.69, 9.17) is 18.3 Å². The van der Waals surface area contributed by atoms with Crippen molar-refractivity contribution in [2.75, 3.05) is 6.79 Å². The Hall–Kier alpha value is -5.67. The largest absolute Gasteiger partial charge is 0.435 e. The first-order valence-electron chi connectivity index (χ1n) is 20.3. The lowest BCUT2D eigenvalue weighted by Gasteiger charge is -2.18. The van der Waals surface area contributed by atoms with E-state index in [0.29, 0.717) is 47.6 Å². The first-order valence-corrected chi connectivity index (χ1v) is 20.3. The van der Waals surface area contributed by atoms with Gasteiger partial charge in [-0.3, -0.25) is 0 Å². The predicted octanol–water partition coefficient (Wildman–Crippen LogP) is 11.6. The fourth-order valence-electron chi connectivity index (χ4n) is 7.23. The molecule has 7 nitrogen and oxygen atoms in total. The molecule has 0 atom stereocenters. The van der Waals surface area contributed by atoms with Crippen molar-refractivity contribution in [3.63, 3.8) is 0 Å². The van der Waals surface area contributed by atoms with Crippen LogP contribution in [0, 0.1) is 11.6 Å². The number of hydrogen-bond donors (Lipinski definition) is 0. The molecule has 0 aliphatic rings. The number of aryl methyl sites for hydroxylation is 4. The van der Waals surface area contributed by atoms with Crippen molar-refractivity contribution in [1.82, 2.24) is 0 Å². The number of hydrogen-bond acceptors (Lipinski definition) is 7. The molecule has 6 aromatic rings. The summed E-state index contributed by atoms with van der Waals surface area (Å²) in [4.78, 5) is 37.9. The maximum Gasteiger partial charge on any atom is 0.344 e. The minimum Gasteiger partial charge on any atom is -0.435 e. The standard InChI is InChI=1S/C49H50F2O7/c1-4-7-9-11-32-17-23-39(43(50)25-32)41-29-36-19-13-34(27-45(36)57-48(41)53)15-21-38(55-31-56-47(52)6-3)22-16-35-14-20-37-30-42(49(54)58-46(37)28-35)40-24-18-33(26-44(40)51)12-10-8-5-2/h6,13-14,17-20,23-30,38H,3-5,7-12,15-16,21-22,31H2,1-2H3. The monoisotopic (exact) mass is 788 g/mol. The lowest BCUT2D eigenvalue weighted by molar-refractivity contribution is -0.155. The van der Waals surface area contributed by atoms with Crippen LogP contribution in [0.3, 0.4) is 0 Å². The molecule has 0 saturated carbocycles. The topological polar surface area (TPSA) is 96.0 Å². The summed E-state index contributed by atoms with van der Waals surface area (Å²) in [6, 6.07) is 24.5. The number of halogens is 2. The molecule has 0 aliphatic carbocycles. The summed E-state index contributed by atoms with van der Waals surface area (Å²) in [5.74, 6) is -1.50. The van der Waals surface area contributed by atoms with Crippen molar-refractivity contribution in [3.8, 4) is 22.3 Å². The predicted molar refractivity (Wildman–Crippen MR) is 225 cm³/mol. The van der Waals surface area contributed by atoms with Gasteiger partial charge in [0.1, 0.15) is 22.8 Å². The summed E-state index contributed by atoms with van der Waals surface area (Å²) >= 11 is 0. The number of ether oxygens (including phenoxy) is 2. The van der Waals surface area contributed by atoms with E-state index in [1.54, 1.807) is 36.4 Å². The third-order valence-corrected chi connectivity index (χ3v) is 10.6. The number of unbranched alkanes of at least 4 members (excludes halogenated alkanes) is 4. The Morgan fingerprint density at radius 3 is 1.50 bits per heavy atom. The normalized spacial score (nSPS) is 11.5. The number of carbonyl (C=O) groups is 1. The van der Waals surface area contributed by atoms with Gasteiger partial charge in [-0.25, -0.2) is 23.2 Å². The number of benzene rings is 4. The fourth-order valence-corrected chi connectivity index (χ4v) is 7.23. The molecule has 6 rings (SSSR count). The molecule has 0 radical (unpaired) electrons. The second kappa shape index (κ2) is 20.1. The second-order valence-corrected chi connectivity index (χ2v) is 14.8. The zero-order chi connectivity index (χ0) is 41.0. The maximum atomic E-state index is 15.2. The summed E-state index contributed by atoms with van der Waals surface area (Å²) in [7, 11) is 0. The molecule has 302 valence electrons. The van der Waals surface area contributed by atoms with Crippen LogP contribution in [0.1, 0.15) is 87.5 Å². The van der Waals surface area contributed by atoms with Gasteiger partial charge in [-0.1, -0.05) is 94.6 Å². The van der Waals surface area contributed by atoms with E-state index in [1.807, 2.05) is 36.4 Å². The Balaban J connectivity index is 1.13. The van der Waals surface area contributed by atoms with Crippen LogP contribution in [0.5, 0.6) is 0 Å². The van der Waals surface area contributed by atoms with Crippen molar-refractivity contribution in [2.24, 2.45) is 0 Å². The minimum atomic E-state index is -0.617. The van der Waals surface area contributed by atoms with Gasteiger partial charge < -0.3 is 18.3 Å². The number of fused-ring (bicyclic) bond motifs is 2. The number of carbonyl (C=O) groups excluding carboxylic acids is 1. The Bertz CT molecular complexity index is 2340. The summed E-state index contributed by atoms with van der Waals surface area (Å²) < 4.78 is 52.8. The SMILES string of the molecule is C=CC(=O)OCOC(CCc1ccc2cc(-c3ccc(CCCCC)cc3F)c(=O)oc2c1)CCc1ccc2cc(-c3ccc(CCCCC)cc3F)c(=O)oc2c1. The van der Waals surface area contributed by atoms with Crippen LogP contribution >= 0.6 is 0 Å². The third-order valence-electron chi connectivity index (χ3n) is 10.6. The molecule has 4 aromatic carbocycles. The molecule has 2 aromatic heterocycles. The average molecular weight is 789 g/mol. The fraction of sp³-hybridized carbons (Fsp3) is 0.327. The van der Waals surface area contributed by atoms with Crippen LogP contribution in [-0.2, 0) is 40.0 Å². The highest BCUT2D eigenvalue weighted by atomic mass is 19.1. The molecule has 0 aliphatic heterocycles. The molecule has 0 fully saturated rings. The summed E-state index contributed by atoms with van der Waals surface area (Å²) in [6.07, 6.45) is 10.8. The van der Waals surface area contributed by atoms with E-state index in [9.17, 15) is 14.4 Å². The van der Waals surface area contributed by atoms with Gasteiger partial charge in [0.05, 0.1) is 17.2 Å². The van der Waals surface area contributed by atoms with Crippen LogP contribution in [-0.4, -0.2) is 18.9 Å². The van der Waals surface area contributed by atoms with Gasteiger partial charge in [0.2, 0.25) is 0 Å². The van der Waals surface area contributed by atoms with E-state index in [0.717, 1.165) is 79.7 Å². The van der Waals surface area contributed by atoms with E-state index in [1.165, 1.54) is 12.1 Å². The number of rotatable bonds is 20. The van der Waals surface area contributed by atoms with Gasteiger partial charge in [-0.05, 0) is 110 Å². The van der Waals surface area contributed by atoms with Crippen LogP contribution in [0.15, 0.2) is 116 Å². The molecule has 0 N–H and O–H groups in total. The van der Waals surface area contributed by atoms with Gasteiger partial charge >= 0.3 is 17.2 Å². The quantitative estimate of drug-likeness (QED) is 0.0250. The molecule has 0 saturated heterocycles. The van der Waals surface area contributed by atoms with Crippen molar-refractivity contribution >= 4 is 27.9 Å². The highest BCUT2D eigenvalue weighted by molar-refractivity contribution is 5.83. The summed E-state index contributed by atoms with van der Waals surface area (Å²) in [5, 5.41) is 1.34. The van der Waals surface area contributed by atoms with E-state index in [2.05, 4.69) is 20.4 Å². The lowest BCUT2D eigenvalue weighted by atomic mass is 9.98. The third kappa shape index (κ3) is 10.8. The highest BCUT2D eigenvalue weighted by Crippen LogP contribution is 2.28. The Kier molecular flexibility index (Phi) is 14.6. The van der Waals surface area contributed by atoms with E-state index in [-0.39, 0.29) is 35.2 Å². The van der Waals surface area contributed by atoms with Crippen molar-refractivity contribution in [2.45, 2.75) is 97.0 Å². The molecule has 0 amide bonds. The minimum absolute atomic E-state index is 0.172. The van der Waals surface area contributed by atoms with Gasteiger partial charge in [-0.15, -0.1) is 0 Å².